The number of hydrogen-bond donors (Lipinski definition) is 3. The van der Waals surface area contributed by atoms with E-state index in [0.717, 1.165) is 10.8 Å². The molecule has 0 fully saturated rings. The molecule has 82 valence electrons. The lowest BCUT2D eigenvalue weighted by atomic mass is 10.1. The maximum Gasteiger partial charge on any atom is 0.269 e. The summed E-state index contributed by atoms with van der Waals surface area (Å²) < 4.78 is 0. The molecule has 16 heavy (non-hydrogen) atoms. The largest absolute Gasteiger partial charge is 0.507 e. The molecule has 0 bridgehead atoms. The molecule has 4 nitrogen and oxygen atoms in total. The number of hydrazine groups is 1. The minimum Gasteiger partial charge on any atom is -0.507 e. The lowest BCUT2D eigenvalue weighted by Crippen LogP contribution is -2.34. The summed E-state index contributed by atoms with van der Waals surface area (Å²) in [6.07, 6.45) is 0. The van der Waals surface area contributed by atoms with Gasteiger partial charge in [0.05, 0.1) is 5.56 Å². The van der Waals surface area contributed by atoms with Gasteiger partial charge in [0.2, 0.25) is 0 Å². The Labute approximate surface area is 92.9 Å². The van der Waals surface area contributed by atoms with Crippen molar-refractivity contribution >= 4 is 16.7 Å². The van der Waals surface area contributed by atoms with E-state index in [-0.39, 0.29) is 17.2 Å². The standard InChI is InChI=1S/C12H12N2O2/c1-13-14-12(16)10-6-8-4-2-3-5-9(8)7-11(10)15/h2-7,13,15H,1H3,(H,14,16). The molecule has 1 amide bonds. The maximum atomic E-state index is 11.6. The van der Waals surface area contributed by atoms with E-state index in [9.17, 15) is 9.90 Å². The predicted octanol–water partition coefficient (Wildman–Crippen LogP) is 1.41. The SMILES string of the molecule is CNNC(=O)c1cc2ccccc2cc1O. The van der Waals surface area contributed by atoms with Crippen molar-refractivity contribution in [2.24, 2.45) is 0 Å². The number of phenolic OH excluding ortho intramolecular Hbond substituents is 1. The molecule has 2 rings (SSSR count). The van der Waals surface area contributed by atoms with Crippen LogP contribution in [0.4, 0.5) is 0 Å². The van der Waals surface area contributed by atoms with E-state index in [1.54, 1.807) is 19.2 Å². The van der Waals surface area contributed by atoms with Gasteiger partial charge in [0.25, 0.3) is 5.91 Å². The summed E-state index contributed by atoms with van der Waals surface area (Å²) in [5, 5.41) is 11.5. The lowest BCUT2D eigenvalue weighted by molar-refractivity contribution is 0.0935. The molecule has 2 aromatic rings. The molecule has 0 aliphatic rings. The van der Waals surface area contributed by atoms with Crippen molar-refractivity contribution in [2.45, 2.75) is 0 Å². The van der Waals surface area contributed by atoms with E-state index in [1.165, 1.54) is 0 Å². The summed E-state index contributed by atoms with van der Waals surface area (Å²) in [5.74, 6) is -0.378. The zero-order valence-electron chi connectivity index (χ0n) is 8.82. The van der Waals surface area contributed by atoms with Crippen molar-refractivity contribution in [3.8, 4) is 5.75 Å². The molecule has 0 saturated carbocycles. The quantitative estimate of drug-likeness (QED) is 0.665. The van der Waals surface area contributed by atoms with Gasteiger partial charge >= 0.3 is 0 Å². The Balaban J connectivity index is 2.54. The first-order chi connectivity index (χ1) is 7.72. The Bertz CT molecular complexity index is 538. The van der Waals surface area contributed by atoms with E-state index in [4.69, 9.17) is 0 Å². The van der Waals surface area contributed by atoms with Crippen LogP contribution in [0.15, 0.2) is 36.4 Å². The lowest BCUT2D eigenvalue weighted by Gasteiger charge is -2.07. The first-order valence-electron chi connectivity index (χ1n) is 4.91. The maximum absolute atomic E-state index is 11.6. The Kier molecular flexibility index (Phi) is 2.74. The minimum atomic E-state index is -0.356. The Hall–Kier alpha value is -2.07. The highest BCUT2D eigenvalue weighted by Crippen LogP contribution is 2.24. The molecule has 0 saturated heterocycles. The monoisotopic (exact) mass is 216 g/mol. The van der Waals surface area contributed by atoms with Crippen LogP contribution in [0.2, 0.25) is 0 Å². The van der Waals surface area contributed by atoms with Crippen LogP contribution in [0.5, 0.6) is 5.75 Å². The van der Waals surface area contributed by atoms with E-state index in [1.807, 2.05) is 24.3 Å². The molecular weight excluding hydrogens is 204 g/mol. The molecule has 0 heterocycles. The van der Waals surface area contributed by atoms with Gasteiger partial charge in [0.15, 0.2) is 0 Å². The molecule has 0 unspecified atom stereocenters. The molecule has 2 aromatic carbocycles. The van der Waals surface area contributed by atoms with Gasteiger partial charge in [-0.15, -0.1) is 0 Å². The van der Waals surface area contributed by atoms with Crippen LogP contribution in [0.25, 0.3) is 10.8 Å². The van der Waals surface area contributed by atoms with Crippen LogP contribution in [-0.2, 0) is 0 Å². The second-order valence-corrected chi connectivity index (χ2v) is 3.42. The molecule has 3 N–H and O–H groups in total. The Morgan fingerprint density at radius 1 is 1.19 bits per heavy atom. The number of benzene rings is 2. The summed E-state index contributed by atoms with van der Waals surface area (Å²) in [5.41, 5.74) is 5.21. The number of amides is 1. The molecule has 0 atom stereocenters. The van der Waals surface area contributed by atoms with E-state index >= 15 is 0 Å². The van der Waals surface area contributed by atoms with E-state index < -0.39 is 0 Å². The smallest absolute Gasteiger partial charge is 0.269 e. The molecule has 4 heteroatoms. The van der Waals surface area contributed by atoms with Crippen LogP contribution >= 0.6 is 0 Å². The fraction of sp³-hybridized carbons (Fsp3) is 0.0833. The van der Waals surface area contributed by atoms with Crippen molar-refractivity contribution in [2.75, 3.05) is 7.05 Å². The number of carbonyl (C=O) groups excluding carboxylic acids is 1. The first-order valence-corrected chi connectivity index (χ1v) is 4.91. The third-order valence-electron chi connectivity index (χ3n) is 2.35. The molecule has 0 aliphatic heterocycles. The zero-order chi connectivity index (χ0) is 11.5. The number of hydrogen-bond acceptors (Lipinski definition) is 3. The molecule has 0 radical (unpaired) electrons. The molecular formula is C12H12N2O2. The van der Waals surface area contributed by atoms with Gasteiger partial charge in [-0.2, -0.15) is 0 Å². The van der Waals surface area contributed by atoms with Crippen molar-refractivity contribution in [3.05, 3.63) is 42.0 Å². The van der Waals surface area contributed by atoms with Crippen LogP contribution in [-0.4, -0.2) is 18.1 Å². The molecule has 0 aromatic heterocycles. The second-order valence-electron chi connectivity index (χ2n) is 3.42. The minimum absolute atomic E-state index is 0.0218. The highest BCUT2D eigenvalue weighted by atomic mass is 16.3. The van der Waals surface area contributed by atoms with Crippen LogP contribution in [0, 0.1) is 0 Å². The summed E-state index contributed by atoms with van der Waals surface area (Å²) in [4.78, 5) is 11.6. The zero-order valence-corrected chi connectivity index (χ0v) is 8.82. The number of nitrogens with one attached hydrogen (secondary N) is 2. The number of rotatable bonds is 2. The number of carbonyl (C=O) groups is 1. The van der Waals surface area contributed by atoms with Crippen LogP contribution in [0.1, 0.15) is 10.4 Å². The van der Waals surface area contributed by atoms with Crippen LogP contribution in [0.3, 0.4) is 0 Å². The summed E-state index contributed by atoms with van der Waals surface area (Å²) in [7, 11) is 1.59. The summed E-state index contributed by atoms with van der Waals surface area (Å²) in [6, 6.07) is 10.8. The normalized spacial score (nSPS) is 10.3. The fourth-order valence-electron chi connectivity index (χ4n) is 1.59. The van der Waals surface area contributed by atoms with Gasteiger partial charge in [-0.05, 0) is 22.9 Å². The van der Waals surface area contributed by atoms with Gasteiger partial charge in [-0.25, -0.2) is 5.43 Å². The third kappa shape index (κ3) is 1.83. The van der Waals surface area contributed by atoms with Gasteiger partial charge in [-0.1, -0.05) is 24.3 Å². The predicted molar refractivity (Wildman–Crippen MR) is 62.1 cm³/mol. The van der Waals surface area contributed by atoms with E-state index in [0.29, 0.717) is 0 Å². The van der Waals surface area contributed by atoms with Crippen molar-refractivity contribution in [1.29, 1.82) is 0 Å². The van der Waals surface area contributed by atoms with Gasteiger partial charge in [-0.3, -0.25) is 10.2 Å². The summed E-state index contributed by atoms with van der Waals surface area (Å²) >= 11 is 0. The van der Waals surface area contributed by atoms with Crippen molar-refractivity contribution in [1.82, 2.24) is 10.9 Å². The highest BCUT2D eigenvalue weighted by Gasteiger charge is 2.11. The van der Waals surface area contributed by atoms with E-state index in [2.05, 4.69) is 10.9 Å². The number of aromatic hydroxyl groups is 1. The highest BCUT2D eigenvalue weighted by molar-refractivity contribution is 6.01. The fourth-order valence-corrected chi connectivity index (χ4v) is 1.59. The Morgan fingerprint density at radius 2 is 1.81 bits per heavy atom. The topological polar surface area (TPSA) is 61.4 Å². The van der Waals surface area contributed by atoms with Crippen molar-refractivity contribution < 1.29 is 9.90 Å². The van der Waals surface area contributed by atoms with Gasteiger partial charge < -0.3 is 5.11 Å². The second kappa shape index (κ2) is 4.20. The molecule has 0 spiro atoms. The van der Waals surface area contributed by atoms with Gasteiger partial charge in [0, 0.05) is 7.05 Å². The van der Waals surface area contributed by atoms with Crippen molar-refractivity contribution in [3.63, 3.8) is 0 Å². The number of fused-ring (bicyclic) bond motifs is 1. The third-order valence-corrected chi connectivity index (χ3v) is 2.35. The van der Waals surface area contributed by atoms with Gasteiger partial charge in [0.1, 0.15) is 5.75 Å². The average molecular weight is 216 g/mol. The molecule has 0 aliphatic carbocycles. The average Bonchev–Trinajstić information content (AvgIpc) is 2.28. The Morgan fingerprint density at radius 3 is 2.44 bits per heavy atom. The summed E-state index contributed by atoms with van der Waals surface area (Å²) in [6.45, 7) is 0. The van der Waals surface area contributed by atoms with Crippen LogP contribution < -0.4 is 10.9 Å². The first kappa shape index (κ1) is 10.4. The number of phenols is 1.